The van der Waals surface area contributed by atoms with Crippen LogP contribution < -0.4 is 5.73 Å². The summed E-state index contributed by atoms with van der Waals surface area (Å²) in [5.74, 6) is 0.545. The summed E-state index contributed by atoms with van der Waals surface area (Å²) in [5.41, 5.74) is 5.50. The van der Waals surface area contributed by atoms with Crippen LogP contribution in [0.15, 0.2) is 16.3 Å². The molecule has 0 unspecified atom stereocenters. The number of hydrogen-bond donors (Lipinski definition) is 1. The fourth-order valence-electron chi connectivity index (χ4n) is 1.90. The van der Waals surface area contributed by atoms with Gasteiger partial charge in [0.25, 0.3) is 10.0 Å². The first kappa shape index (κ1) is 13.0. The van der Waals surface area contributed by atoms with Crippen LogP contribution in [0.3, 0.4) is 0 Å². The van der Waals surface area contributed by atoms with Gasteiger partial charge in [0.1, 0.15) is 4.21 Å². The van der Waals surface area contributed by atoms with Crippen LogP contribution in [0.1, 0.15) is 24.1 Å². The average Bonchev–Trinajstić information content (AvgIpc) is 2.71. The van der Waals surface area contributed by atoms with E-state index in [4.69, 9.17) is 5.73 Å². The third kappa shape index (κ3) is 2.70. The van der Waals surface area contributed by atoms with E-state index < -0.39 is 10.0 Å². The summed E-state index contributed by atoms with van der Waals surface area (Å²) in [6, 6.07) is 3.44. The van der Waals surface area contributed by atoms with Gasteiger partial charge in [0.2, 0.25) is 0 Å². The Labute approximate surface area is 106 Å². The van der Waals surface area contributed by atoms with E-state index in [0.717, 1.165) is 17.7 Å². The van der Waals surface area contributed by atoms with Crippen molar-refractivity contribution in [1.82, 2.24) is 4.31 Å². The smallest absolute Gasteiger partial charge is 0.252 e. The summed E-state index contributed by atoms with van der Waals surface area (Å²) in [5, 5.41) is 0. The number of nitrogens with two attached hydrogens (primary N) is 1. The van der Waals surface area contributed by atoms with Crippen LogP contribution in [0, 0.1) is 5.92 Å². The Balaban J connectivity index is 2.10. The van der Waals surface area contributed by atoms with E-state index in [1.165, 1.54) is 22.1 Å². The predicted octanol–water partition coefficient (Wildman–Crippen LogP) is 1.63. The lowest BCUT2D eigenvalue weighted by Gasteiger charge is -2.29. The van der Waals surface area contributed by atoms with Crippen LogP contribution in [0.2, 0.25) is 0 Å². The SMILES string of the molecule is CN(CC1CCC1)S(=O)(=O)c1ccc(CN)s1. The molecule has 1 aliphatic rings. The summed E-state index contributed by atoms with van der Waals surface area (Å²) >= 11 is 1.27. The average molecular weight is 274 g/mol. The molecule has 1 aromatic rings. The Morgan fingerprint density at radius 1 is 1.47 bits per heavy atom. The van der Waals surface area contributed by atoms with Crippen molar-refractivity contribution in [2.24, 2.45) is 11.7 Å². The van der Waals surface area contributed by atoms with E-state index in [2.05, 4.69) is 0 Å². The van der Waals surface area contributed by atoms with E-state index in [9.17, 15) is 8.42 Å². The summed E-state index contributed by atoms with van der Waals surface area (Å²) in [7, 11) is -1.64. The molecule has 0 atom stereocenters. The van der Waals surface area contributed by atoms with Gasteiger partial charge in [0.15, 0.2) is 0 Å². The van der Waals surface area contributed by atoms with Gasteiger partial charge in [-0.25, -0.2) is 8.42 Å². The lowest BCUT2D eigenvalue weighted by Crippen LogP contribution is -2.33. The van der Waals surface area contributed by atoms with E-state index in [0.29, 0.717) is 23.2 Å². The normalized spacial score (nSPS) is 17.4. The van der Waals surface area contributed by atoms with Gasteiger partial charge in [-0.2, -0.15) is 4.31 Å². The standard InChI is InChI=1S/C11H18N2O2S2/c1-13(8-9-3-2-4-9)17(14,15)11-6-5-10(7-12)16-11/h5-6,9H,2-4,7-8,12H2,1H3. The maximum atomic E-state index is 12.2. The summed E-state index contributed by atoms with van der Waals surface area (Å²) in [6.45, 7) is 1.03. The van der Waals surface area contributed by atoms with Crippen molar-refractivity contribution in [2.45, 2.75) is 30.0 Å². The third-order valence-electron chi connectivity index (χ3n) is 3.24. The van der Waals surface area contributed by atoms with Crippen molar-refractivity contribution in [2.75, 3.05) is 13.6 Å². The Bertz CT molecular complexity index is 477. The molecule has 0 aromatic carbocycles. The van der Waals surface area contributed by atoms with E-state index >= 15 is 0 Å². The molecule has 1 aromatic heterocycles. The first-order chi connectivity index (χ1) is 8.04. The summed E-state index contributed by atoms with van der Waals surface area (Å²) < 4.78 is 26.3. The largest absolute Gasteiger partial charge is 0.326 e. The molecule has 1 fully saturated rings. The summed E-state index contributed by atoms with van der Waals surface area (Å²) in [6.07, 6.45) is 3.53. The molecule has 4 nitrogen and oxygen atoms in total. The Hall–Kier alpha value is -0.430. The lowest BCUT2D eigenvalue weighted by atomic mass is 9.86. The minimum absolute atomic E-state index is 0.395. The highest BCUT2D eigenvalue weighted by atomic mass is 32.2. The van der Waals surface area contributed by atoms with Crippen LogP contribution in [0.5, 0.6) is 0 Å². The van der Waals surface area contributed by atoms with Crippen molar-refractivity contribution in [3.8, 4) is 0 Å². The molecule has 0 saturated heterocycles. The minimum Gasteiger partial charge on any atom is -0.326 e. The molecule has 2 N–H and O–H groups in total. The molecule has 96 valence electrons. The molecule has 0 bridgehead atoms. The van der Waals surface area contributed by atoms with Gasteiger partial charge in [-0.1, -0.05) is 6.42 Å². The van der Waals surface area contributed by atoms with E-state index in [1.807, 2.05) is 0 Å². The maximum Gasteiger partial charge on any atom is 0.252 e. The van der Waals surface area contributed by atoms with E-state index in [-0.39, 0.29) is 0 Å². The van der Waals surface area contributed by atoms with Crippen LogP contribution >= 0.6 is 11.3 Å². The Morgan fingerprint density at radius 2 is 2.18 bits per heavy atom. The first-order valence-corrected chi connectivity index (χ1v) is 8.05. The fraction of sp³-hybridized carbons (Fsp3) is 0.636. The second kappa shape index (κ2) is 5.06. The van der Waals surface area contributed by atoms with Gasteiger partial charge in [-0.3, -0.25) is 0 Å². The summed E-state index contributed by atoms with van der Waals surface area (Å²) in [4.78, 5) is 0.903. The zero-order chi connectivity index (χ0) is 12.5. The molecule has 1 heterocycles. The van der Waals surface area contributed by atoms with Crippen LogP contribution in [0.25, 0.3) is 0 Å². The molecule has 0 radical (unpaired) electrons. The first-order valence-electron chi connectivity index (χ1n) is 5.79. The van der Waals surface area contributed by atoms with Crippen LogP contribution in [-0.2, 0) is 16.6 Å². The van der Waals surface area contributed by atoms with Crippen molar-refractivity contribution in [3.63, 3.8) is 0 Å². The molecule has 17 heavy (non-hydrogen) atoms. The molecular weight excluding hydrogens is 256 g/mol. The maximum absolute atomic E-state index is 12.2. The zero-order valence-electron chi connectivity index (χ0n) is 9.93. The van der Waals surface area contributed by atoms with Crippen molar-refractivity contribution in [3.05, 3.63) is 17.0 Å². The highest BCUT2D eigenvalue weighted by Gasteiger charge is 2.27. The third-order valence-corrected chi connectivity index (χ3v) is 6.64. The second-order valence-corrected chi connectivity index (χ2v) is 7.95. The quantitative estimate of drug-likeness (QED) is 0.887. The minimum atomic E-state index is -3.30. The van der Waals surface area contributed by atoms with Gasteiger partial charge < -0.3 is 5.73 Å². The van der Waals surface area contributed by atoms with Gasteiger partial charge in [-0.15, -0.1) is 11.3 Å². The van der Waals surface area contributed by atoms with E-state index in [1.54, 1.807) is 19.2 Å². The Morgan fingerprint density at radius 3 is 2.65 bits per heavy atom. The monoisotopic (exact) mass is 274 g/mol. The van der Waals surface area contributed by atoms with Crippen molar-refractivity contribution >= 4 is 21.4 Å². The fourth-order valence-corrected chi connectivity index (χ4v) is 4.59. The number of thiophene rings is 1. The number of rotatable bonds is 5. The lowest BCUT2D eigenvalue weighted by molar-refractivity contribution is 0.263. The molecule has 0 spiro atoms. The second-order valence-electron chi connectivity index (χ2n) is 4.51. The molecule has 0 aliphatic heterocycles. The van der Waals surface area contributed by atoms with Crippen LogP contribution in [-0.4, -0.2) is 26.3 Å². The highest BCUT2D eigenvalue weighted by molar-refractivity contribution is 7.91. The predicted molar refractivity (Wildman–Crippen MR) is 69.4 cm³/mol. The molecular formula is C11H18N2O2S2. The number of sulfonamides is 1. The van der Waals surface area contributed by atoms with Crippen molar-refractivity contribution in [1.29, 1.82) is 0 Å². The topological polar surface area (TPSA) is 63.4 Å². The molecule has 1 saturated carbocycles. The van der Waals surface area contributed by atoms with Crippen molar-refractivity contribution < 1.29 is 8.42 Å². The number of nitrogens with zero attached hydrogens (tertiary/aromatic N) is 1. The molecule has 2 rings (SSSR count). The number of hydrogen-bond acceptors (Lipinski definition) is 4. The van der Waals surface area contributed by atoms with Gasteiger partial charge in [-0.05, 0) is 30.9 Å². The molecule has 6 heteroatoms. The van der Waals surface area contributed by atoms with Gasteiger partial charge in [0.05, 0.1) is 0 Å². The Kier molecular flexibility index (Phi) is 3.87. The zero-order valence-corrected chi connectivity index (χ0v) is 11.6. The van der Waals surface area contributed by atoms with Gasteiger partial charge >= 0.3 is 0 Å². The molecule has 1 aliphatic carbocycles. The highest BCUT2D eigenvalue weighted by Crippen LogP contribution is 2.30. The molecule has 0 amide bonds. The van der Waals surface area contributed by atoms with Crippen LogP contribution in [0.4, 0.5) is 0 Å². The van der Waals surface area contributed by atoms with Gasteiger partial charge in [0, 0.05) is 25.0 Å².